The van der Waals surface area contributed by atoms with E-state index in [4.69, 9.17) is 0 Å². The van der Waals surface area contributed by atoms with Crippen LogP contribution in [0, 0.1) is 5.82 Å². The minimum Gasteiger partial charge on any atom is -0.345 e. The van der Waals surface area contributed by atoms with Gasteiger partial charge in [-0.25, -0.2) is 4.39 Å². The molecule has 0 aromatic heterocycles. The van der Waals surface area contributed by atoms with Gasteiger partial charge in [0.15, 0.2) is 0 Å². The van der Waals surface area contributed by atoms with E-state index in [0.717, 1.165) is 17.7 Å². The van der Waals surface area contributed by atoms with Crippen molar-refractivity contribution in [3.63, 3.8) is 0 Å². The van der Waals surface area contributed by atoms with Crippen LogP contribution in [0.15, 0.2) is 48.5 Å². The van der Waals surface area contributed by atoms with Crippen LogP contribution in [-0.2, 0) is 11.2 Å². The van der Waals surface area contributed by atoms with Gasteiger partial charge in [-0.2, -0.15) is 0 Å². The number of benzene rings is 2. The van der Waals surface area contributed by atoms with Crippen molar-refractivity contribution in [3.8, 4) is 0 Å². The van der Waals surface area contributed by atoms with Gasteiger partial charge in [-0.3, -0.25) is 9.59 Å². The van der Waals surface area contributed by atoms with Crippen LogP contribution in [0.2, 0.25) is 0 Å². The summed E-state index contributed by atoms with van der Waals surface area (Å²) in [5.41, 5.74) is 2.80. The summed E-state index contributed by atoms with van der Waals surface area (Å²) in [6.07, 6.45) is 1.16. The Hall–Kier alpha value is -2.34. The van der Waals surface area contributed by atoms with E-state index < -0.39 is 6.04 Å². The summed E-state index contributed by atoms with van der Waals surface area (Å²) in [4.78, 5) is 25.9. The maximum Gasteiger partial charge on any atom is 0.281 e. The third-order valence-electron chi connectivity index (χ3n) is 4.66. The molecular formula is C21H23FN2O2S. The second-order valence-electron chi connectivity index (χ2n) is 6.50. The summed E-state index contributed by atoms with van der Waals surface area (Å²) in [5.74, 6) is 0.279. The van der Waals surface area contributed by atoms with Crippen molar-refractivity contribution in [2.24, 2.45) is 0 Å². The second-order valence-corrected chi connectivity index (χ2v) is 7.55. The Morgan fingerprint density at radius 1 is 1.22 bits per heavy atom. The fourth-order valence-electron chi connectivity index (χ4n) is 3.09. The first kappa shape index (κ1) is 19.4. The molecule has 2 amide bonds. The average Bonchev–Trinajstić information content (AvgIpc) is 3.09. The topological polar surface area (TPSA) is 49.4 Å². The van der Waals surface area contributed by atoms with E-state index in [1.54, 1.807) is 11.0 Å². The first-order valence-electron chi connectivity index (χ1n) is 9.12. The van der Waals surface area contributed by atoms with Crippen LogP contribution in [0.5, 0.6) is 0 Å². The Morgan fingerprint density at radius 3 is 2.63 bits per heavy atom. The van der Waals surface area contributed by atoms with Crippen molar-refractivity contribution in [2.75, 3.05) is 18.8 Å². The van der Waals surface area contributed by atoms with Crippen molar-refractivity contribution in [2.45, 2.75) is 25.8 Å². The van der Waals surface area contributed by atoms with E-state index in [1.165, 1.54) is 29.5 Å². The van der Waals surface area contributed by atoms with E-state index in [1.807, 2.05) is 30.3 Å². The van der Waals surface area contributed by atoms with Crippen LogP contribution in [-0.4, -0.2) is 34.9 Å². The Morgan fingerprint density at radius 2 is 2.00 bits per heavy atom. The van der Waals surface area contributed by atoms with Gasteiger partial charge < -0.3 is 10.2 Å². The molecule has 0 saturated carbocycles. The average molecular weight is 386 g/mol. The molecule has 1 heterocycles. The van der Waals surface area contributed by atoms with Crippen molar-refractivity contribution < 1.29 is 14.0 Å². The standard InChI is InChI=1S/C21H23FN2O2S/c1-2-15-6-8-16(9-7-15)20(17-4-3-5-18(22)14-17)23-19(25)10-11-24-12-13-27-21(24)26/h3-9,14,20H,2,10-13H2,1H3,(H,23,25). The van der Waals surface area contributed by atoms with Gasteiger partial charge in [0.2, 0.25) is 5.91 Å². The molecule has 1 atom stereocenters. The number of rotatable bonds is 7. The first-order chi connectivity index (χ1) is 13.1. The summed E-state index contributed by atoms with van der Waals surface area (Å²) in [6.45, 7) is 3.17. The molecule has 1 unspecified atom stereocenters. The van der Waals surface area contributed by atoms with Crippen LogP contribution in [0.25, 0.3) is 0 Å². The van der Waals surface area contributed by atoms with E-state index in [9.17, 15) is 14.0 Å². The Bertz CT molecular complexity index is 810. The number of carbonyl (C=O) groups excluding carboxylic acids is 2. The van der Waals surface area contributed by atoms with Gasteiger partial charge in [-0.1, -0.05) is 55.1 Å². The Balaban J connectivity index is 1.74. The van der Waals surface area contributed by atoms with Crippen LogP contribution in [0.3, 0.4) is 0 Å². The quantitative estimate of drug-likeness (QED) is 0.778. The molecule has 3 rings (SSSR count). The number of hydrogen-bond donors (Lipinski definition) is 1. The van der Waals surface area contributed by atoms with Crippen molar-refractivity contribution in [1.82, 2.24) is 10.2 Å². The minimum absolute atomic E-state index is 0.0274. The zero-order valence-electron chi connectivity index (χ0n) is 15.3. The lowest BCUT2D eigenvalue weighted by Crippen LogP contribution is -2.33. The molecule has 4 nitrogen and oxygen atoms in total. The van der Waals surface area contributed by atoms with Gasteiger partial charge in [0.25, 0.3) is 5.24 Å². The normalized spacial score (nSPS) is 15.0. The van der Waals surface area contributed by atoms with E-state index in [-0.39, 0.29) is 23.4 Å². The number of nitrogens with one attached hydrogen (secondary N) is 1. The lowest BCUT2D eigenvalue weighted by Gasteiger charge is -2.21. The molecule has 27 heavy (non-hydrogen) atoms. The number of nitrogens with zero attached hydrogens (tertiary/aromatic N) is 1. The van der Waals surface area contributed by atoms with Crippen molar-refractivity contribution >= 4 is 22.9 Å². The summed E-state index contributed by atoms with van der Waals surface area (Å²) in [6, 6.07) is 13.8. The maximum absolute atomic E-state index is 13.7. The van der Waals surface area contributed by atoms with E-state index in [0.29, 0.717) is 18.7 Å². The van der Waals surface area contributed by atoms with Gasteiger partial charge in [-0.05, 0) is 35.2 Å². The highest BCUT2D eigenvalue weighted by molar-refractivity contribution is 8.13. The zero-order valence-corrected chi connectivity index (χ0v) is 16.1. The fraction of sp³-hybridized carbons (Fsp3) is 0.333. The van der Waals surface area contributed by atoms with Gasteiger partial charge in [-0.15, -0.1) is 0 Å². The Labute approximate surface area is 163 Å². The monoisotopic (exact) mass is 386 g/mol. The molecule has 0 radical (unpaired) electrons. The molecule has 1 saturated heterocycles. The minimum atomic E-state index is -0.428. The van der Waals surface area contributed by atoms with Crippen LogP contribution in [0.1, 0.15) is 36.1 Å². The predicted octanol–water partition coefficient (Wildman–Crippen LogP) is 4.15. The highest BCUT2D eigenvalue weighted by Crippen LogP contribution is 2.24. The molecule has 0 bridgehead atoms. The van der Waals surface area contributed by atoms with Gasteiger partial charge in [0, 0.05) is 25.3 Å². The maximum atomic E-state index is 13.7. The van der Waals surface area contributed by atoms with E-state index in [2.05, 4.69) is 12.2 Å². The molecule has 0 aliphatic carbocycles. The molecule has 6 heteroatoms. The van der Waals surface area contributed by atoms with Crippen LogP contribution in [0.4, 0.5) is 9.18 Å². The molecule has 2 aromatic rings. The zero-order chi connectivity index (χ0) is 19.2. The van der Waals surface area contributed by atoms with Crippen molar-refractivity contribution in [3.05, 3.63) is 71.0 Å². The Kier molecular flexibility index (Phi) is 6.50. The van der Waals surface area contributed by atoms with E-state index >= 15 is 0 Å². The number of aryl methyl sites for hydroxylation is 1. The highest BCUT2D eigenvalue weighted by Gasteiger charge is 2.23. The highest BCUT2D eigenvalue weighted by atomic mass is 32.2. The smallest absolute Gasteiger partial charge is 0.281 e. The molecule has 1 aliphatic rings. The summed E-state index contributed by atoms with van der Waals surface area (Å²) < 4.78 is 13.7. The second kappa shape index (κ2) is 9.04. The lowest BCUT2D eigenvalue weighted by atomic mass is 9.97. The molecular weight excluding hydrogens is 363 g/mol. The molecule has 1 aliphatic heterocycles. The summed E-state index contributed by atoms with van der Waals surface area (Å²) >= 11 is 1.28. The molecule has 1 fully saturated rings. The van der Waals surface area contributed by atoms with Gasteiger partial charge in [0.1, 0.15) is 5.82 Å². The lowest BCUT2D eigenvalue weighted by molar-refractivity contribution is -0.121. The molecule has 0 spiro atoms. The number of carbonyl (C=O) groups is 2. The summed E-state index contributed by atoms with van der Waals surface area (Å²) in [5, 5.41) is 3.03. The SMILES string of the molecule is CCc1ccc(C(NC(=O)CCN2CCSC2=O)c2cccc(F)c2)cc1. The molecule has 142 valence electrons. The van der Waals surface area contributed by atoms with Crippen LogP contribution >= 0.6 is 11.8 Å². The van der Waals surface area contributed by atoms with Crippen LogP contribution < -0.4 is 5.32 Å². The van der Waals surface area contributed by atoms with Gasteiger partial charge >= 0.3 is 0 Å². The fourth-order valence-corrected chi connectivity index (χ4v) is 3.94. The number of thioether (sulfide) groups is 1. The number of halogens is 1. The van der Waals surface area contributed by atoms with Gasteiger partial charge in [0.05, 0.1) is 6.04 Å². The largest absolute Gasteiger partial charge is 0.345 e. The summed E-state index contributed by atoms with van der Waals surface area (Å²) in [7, 11) is 0. The third-order valence-corrected chi connectivity index (χ3v) is 5.55. The number of hydrogen-bond acceptors (Lipinski definition) is 3. The molecule has 2 aromatic carbocycles. The first-order valence-corrected chi connectivity index (χ1v) is 10.1. The third kappa shape index (κ3) is 5.10. The molecule has 1 N–H and O–H groups in total. The predicted molar refractivity (Wildman–Crippen MR) is 106 cm³/mol. The van der Waals surface area contributed by atoms with Crippen molar-refractivity contribution in [1.29, 1.82) is 0 Å². The number of amides is 2.